The third-order valence-electron chi connectivity index (χ3n) is 11.2. The van der Waals surface area contributed by atoms with E-state index in [0.717, 1.165) is 0 Å². The summed E-state index contributed by atoms with van der Waals surface area (Å²) in [6, 6.07) is -0.497. The third kappa shape index (κ3) is 1.86. The standard InChI is InChI=1S/C23H37NO7/c1-4-24-9-20(10-25)6-5-14(26)22-12-7-11-13(30-2)8-21(31-3,15(12)16(11)27)23(29,19(22)24)18(28)17(20)22/h11-19,25-29H,4-10H2,1-3H3/t11-,12-,13+,14+,15-,16+,17-,18-,19+,20+,21-,22+,23-/m1/s1. The van der Waals surface area contributed by atoms with Gasteiger partial charge in [-0.1, -0.05) is 6.92 Å². The molecule has 31 heavy (non-hydrogen) atoms. The van der Waals surface area contributed by atoms with Crippen LogP contribution in [0.25, 0.3) is 0 Å². The highest BCUT2D eigenvalue weighted by atomic mass is 16.5. The van der Waals surface area contributed by atoms with E-state index in [1.165, 1.54) is 0 Å². The Labute approximate surface area is 183 Å². The van der Waals surface area contributed by atoms with Crippen LogP contribution in [0.2, 0.25) is 0 Å². The van der Waals surface area contributed by atoms with Crippen LogP contribution in [0.5, 0.6) is 0 Å². The average molecular weight is 440 g/mol. The van der Waals surface area contributed by atoms with Gasteiger partial charge >= 0.3 is 0 Å². The second-order valence-electron chi connectivity index (χ2n) is 11.4. The first-order valence-electron chi connectivity index (χ1n) is 11.9. The van der Waals surface area contributed by atoms with Crippen LogP contribution in [0.15, 0.2) is 0 Å². The van der Waals surface area contributed by atoms with Gasteiger partial charge in [0.1, 0.15) is 11.2 Å². The summed E-state index contributed by atoms with van der Waals surface area (Å²) < 4.78 is 12.0. The molecule has 0 aromatic heterocycles. The summed E-state index contributed by atoms with van der Waals surface area (Å²) in [7, 11) is 3.20. The van der Waals surface area contributed by atoms with Gasteiger partial charge < -0.3 is 35.0 Å². The van der Waals surface area contributed by atoms with E-state index < -0.39 is 58.2 Å². The Morgan fingerprint density at radius 1 is 1.16 bits per heavy atom. The van der Waals surface area contributed by atoms with Crippen LogP contribution < -0.4 is 0 Å². The van der Waals surface area contributed by atoms with Crippen LogP contribution in [0.1, 0.15) is 32.6 Å². The number of ether oxygens (including phenoxy) is 2. The molecular weight excluding hydrogens is 402 g/mol. The largest absolute Gasteiger partial charge is 0.396 e. The van der Waals surface area contributed by atoms with Crippen LogP contribution >= 0.6 is 0 Å². The molecule has 8 nitrogen and oxygen atoms in total. The molecule has 8 heteroatoms. The van der Waals surface area contributed by atoms with Gasteiger partial charge in [-0.25, -0.2) is 0 Å². The molecule has 1 spiro atoms. The molecule has 7 bridgehead atoms. The Bertz CT molecular complexity index is 783. The van der Waals surface area contributed by atoms with Crippen molar-refractivity contribution in [3.8, 4) is 0 Å². The van der Waals surface area contributed by atoms with Crippen molar-refractivity contribution in [2.75, 3.05) is 33.9 Å². The van der Waals surface area contributed by atoms with Crippen molar-refractivity contribution in [2.45, 2.75) is 74.3 Å². The van der Waals surface area contributed by atoms with E-state index >= 15 is 0 Å². The lowest BCUT2D eigenvalue weighted by Crippen LogP contribution is -2.82. The van der Waals surface area contributed by atoms with Gasteiger partial charge in [0.25, 0.3) is 0 Å². The number of aliphatic hydroxyl groups excluding tert-OH is 4. The minimum absolute atomic E-state index is 0.0907. The summed E-state index contributed by atoms with van der Waals surface area (Å²) in [4.78, 5) is 2.18. The highest BCUT2D eigenvalue weighted by Gasteiger charge is 2.91. The van der Waals surface area contributed by atoms with Crippen molar-refractivity contribution in [2.24, 2.45) is 34.5 Å². The van der Waals surface area contributed by atoms with Gasteiger partial charge in [-0.05, 0) is 31.7 Å². The molecule has 5 aliphatic carbocycles. The maximum absolute atomic E-state index is 12.7. The molecule has 0 amide bonds. The molecule has 6 fully saturated rings. The van der Waals surface area contributed by atoms with Crippen molar-refractivity contribution >= 4 is 0 Å². The molecule has 0 radical (unpaired) electrons. The van der Waals surface area contributed by atoms with Crippen molar-refractivity contribution in [1.82, 2.24) is 4.90 Å². The van der Waals surface area contributed by atoms with Gasteiger partial charge in [-0.3, -0.25) is 4.90 Å². The zero-order valence-electron chi connectivity index (χ0n) is 18.6. The fourth-order valence-corrected chi connectivity index (χ4v) is 10.5. The second kappa shape index (κ2) is 6.21. The molecule has 1 saturated heterocycles. The highest BCUT2D eigenvalue weighted by Crippen LogP contribution is 2.80. The van der Waals surface area contributed by atoms with E-state index in [0.29, 0.717) is 38.8 Å². The molecule has 176 valence electrons. The topological polar surface area (TPSA) is 123 Å². The molecular formula is C23H37NO7. The first-order chi connectivity index (χ1) is 14.7. The van der Waals surface area contributed by atoms with Crippen LogP contribution in [-0.4, -0.2) is 106 Å². The fourth-order valence-electron chi connectivity index (χ4n) is 10.5. The van der Waals surface area contributed by atoms with Crippen LogP contribution in [-0.2, 0) is 9.47 Å². The van der Waals surface area contributed by atoms with Gasteiger partial charge in [0, 0.05) is 55.8 Å². The SMILES string of the molecule is CCN1C[C@]2(CO)CC[C@H](O)[C@@]34[C@@H]5C[C@H]6[C@H](O)[C@@H]5[C@](OC)(C[C@@H]6OC)[C@@](O)([C@H](O)[C@H]23)[C@@H]14. The molecule has 5 saturated carbocycles. The van der Waals surface area contributed by atoms with E-state index in [4.69, 9.17) is 9.47 Å². The summed E-state index contributed by atoms with van der Waals surface area (Å²) in [5, 5.41) is 58.4. The van der Waals surface area contributed by atoms with Gasteiger partial charge in [-0.2, -0.15) is 0 Å². The van der Waals surface area contributed by atoms with Gasteiger partial charge in [0.05, 0.1) is 37.1 Å². The zero-order chi connectivity index (χ0) is 22.1. The summed E-state index contributed by atoms with van der Waals surface area (Å²) in [5.74, 6) is -1.06. The number of methoxy groups -OCH3 is 2. The van der Waals surface area contributed by atoms with Gasteiger partial charge in [0.2, 0.25) is 0 Å². The molecule has 0 aromatic rings. The highest BCUT2D eigenvalue weighted by molar-refractivity contribution is 5.41. The second-order valence-corrected chi connectivity index (χ2v) is 11.4. The predicted molar refractivity (Wildman–Crippen MR) is 109 cm³/mol. The van der Waals surface area contributed by atoms with Gasteiger partial charge in [0.15, 0.2) is 0 Å². The van der Waals surface area contributed by atoms with Crippen molar-refractivity contribution in [3.05, 3.63) is 0 Å². The lowest BCUT2D eigenvalue weighted by molar-refractivity contribution is -0.323. The Kier molecular flexibility index (Phi) is 4.26. The molecule has 0 unspecified atom stereocenters. The lowest BCUT2D eigenvalue weighted by atomic mass is 9.42. The van der Waals surface area contributed by atoms with Crippen molar-refractivity contribution in [3.63, 3.8) is 0 Å². The van der Waals surface area contributed by atoms with Crippen LogP contribution in [0.3, 0.4) is 0 Å². The van der Waals surface area contributed by atoms with E-state index in [1.54, 1.807) is 14.2 Å². The minimum atomic E-state index is -1.68. The molecule has 6 rings (SSSR count). The maximum Gasteiger partial charge on any atom is 0.136 e. The Hall–Kier alpha value is -0.320. The van der Waals surface area contributed by atoms with E-state index in [1.807, 2.05) is 6.92 Å². The first-order valence-corrected chi connectivity index (χ1v) is 11.9. The van der Waals surface area contributed by atoms with Crippen molar-refractivity contribution in [1.29, 1.82) is 0 Å². The number of hydrogen-bond acceptors (Lipinski definition) is 8. The monoisotopic (exact) mass is 439 g/mol. The average Bonchev–Trinajstić information content (AvgIpc) is 3.11. The van der Waals surface area contributed by atoms with Crippen LogP contribution in [0.4, 0.5) is 0 Å². The molecule has 1 aliphatic heterocycles. The number of likely N-dealkylation sites (tertiary alicyclic amines) is 1. The molecule has 6 aliphatic rings. The maximum atomic E-state index is 12.7. The van der Waals surface area contributed by atoms with E-state index in [-0.39, 0.29) is 24.5 Å². The van der Waals surface area contributed by atoms with Crippen LogP contribution in [0, 0.1) is 34.5 Å². The third-order valence-corrected chi connectivity index (χ3v) is 11.2. The predicted octanol–water partition coefficient (Wildman–Crippen LogP) is -1.04. The number of nitrogens with zero attached hydrogens (tertiary/aromatic N) is 1. The Balaban J connectivity index is 1.68. The molecule has 13 atom stereocenters. The number of rotatable bonds is 4. The Morgan fingerprint density at radius 3 is 2.52 bits per heavy atom. The number of piperidine rings is 1. The number of aliphatic hydroxyl groups is 5. The van der Waals surface area contributed by atoms with Crippen molar-refractivity contribution < 1.29 is 35.0 Å². The number of hydrogen-bond donors (Lipinski definition) is 5. The molecule has 5 N–H and O–H groups in total. The molecule has 0 aromatic carbocycles. The normalized spacial score (nSPS) is 64.1. The first kappa shape index (κ1) is 21.2. The lowest BCUT2D eigenvalue weighted by Gasteiger charge is -2.70. The smallest absolute Gasteiger partial charge is 0.136 e. The number of fused-ring (bicyclic) bond motifs is 2. The molecule has 1 heterocycles. The van der Waals surface area contributed by atoms with Gasteiger partial charge in [-0.15, -0.1) is 0 Å². The van der Waals surface area contributed by atoms with E-state index in [2.05, 4.69) is 4.90 Å². The quantitative estimate of drug-likeness (QED) is 0.377. The van der Waals surface area contributed by atoms with E-state index in [9.17, 15) is 25.5 Å². The summed E-state index contributed by atoms with van der Waals surface area (Å²) >= 11 is 0. The number of likely N-dealkylation sites (N-methyl/N-ethyl adjacent to an activating group) is 1. The zero-order valence-corrected chi connectivity index (χ0v) is 18.6. The summed E-state index contributed by atoms with van der Waals surface area (Å²) in [6.07, 6.45) is -0.692. The minimum Gasteiger partial charge on any atom is -0.396 e. The fraction of sp³-hybridized carbons (Fsp3) is 1.00. The Morgan fingerprint density at radius 2 is 1.90 bits per heavy atom. The summed E-state index contributed by atoms with van der Waals surface area (Å²) in [6.45, 7) is 3.16. The summed E-state index contributed by atoms with van der Waals surface area (Å²) in [5.41, 5.74) is -4.25.